The fraction of sp³-hybridized carbons (Fsp3) is 0.364. The molecule has 0 aliphatic heterocycles. The first kappa shape index (κ1) is 25.6. The molecule has 8 nitrogen and oxygen atoms in total. The number of hydrogen-bond donors (Lipinski definition) is 1. The third-order valence-electron chi connectivity index (χ3n) is 4.91. The smallest absolute Gasteiger partial charge is 0.243 e. The van der Waals surface area contributed by atoms with E-state index >= 15 is 0 Å². The van der Waals surface area contributed by atoms with Gasteiger partial charge in [-0.2, -0.15) is 4.31 Å². The lowest BCUT2D eigenvalue weighted by Crippen LogP contribution is -2.50. The van der Waals surface area contributed by atoms with Crippen LogP contribution < -0.4 is 10.1 Å². The third kappa shape index (κ3) is 6.44. The van der Waals surface area contributed by atoms with Crippen LogP contribution in [0.15, 0.2) is 53.4 Å². The molecule has 1 atom stereocenters. The van der Waals surface area contributed by atoms with Crippen molar-refractivity contribution < 1.29 is 22.7 Å². The lowest BCUT2D eigenvalue weighted by atomic mass is 10.1. The van der Waals surface area contributed by atoms with Gasteiger partial charge in [-0.25, -0.2) is 8.42 Å². The summed E-state index contributed by atoms with van der Waals surface area (Å²) >= 11 is 5.84. The first-order chi connectivity index (χ1) is 15.1. The molecule has 0 aliphatic carbocycles. The van der Waals surface area contributed by atoms with Gasteiger partial charge in [0.05, 0.1) is 18.6 Å². The molecule has 0 aromatic heterocycles. The summed E-state index contributed by atoms with van der Waals surface area (Å²) in [7, 11) is -1.03. The van der Waals surface area contributed by atoms with E-state index in [0.29, 0.717) is 17.3 Å². The zero-order chi connectivity index (χ0) is 23.9. The highest BCUT2D eigenvalue weighted by atomic mass is 35.5. The van der Waals surface area contributed by atoms with Gasteiger partial charge in [0.25, 0.3) is 0 Å². The van der Waals surface area contributed by atoms with Gasteiger partial charge in [0.1, 0.15) is 11.8 Å². The second-order valence-corrected chi connectivity index (χ2v) is 9.64. The summed E-state index contributed by atoms with van der Waals surface area (Å²) in [6, 6.07) is 12.0. The molecule has 0 aliphatic rings. The number of amides is 2. The van der Waals surface area contributed by atoms with Gasteiger partial charge in [0.2, 0.25) is 21.8 Å². The van der Waals surface area contributed by atoms with E-state index in [1.165, 1.54) is 36.2 Å². The van der Waals surface area contributed by atoms with Crippen LogP contribution in [0.25, 0.3) is 0 Å². The molecule has 2 aromatic carbocycles. The van der Waals surface area contributed by atoms with Crippen molar-refractivity contribution in [3.8, 4) is 5.75 Å². The summed E-state index contributed by atoms with van der Waals surface area (Å²) in [6.07, 6.45) is 0. The summed E-state index contributed by atoms with van der Waals surface area (Å²) in [5, 5.41) is 3.11. The first-order valence-electron chi connectivity index (χ1n) is 10.0. The normalized spacial score (nSPS) is 12.3. The predicted octanol–water partition coefficient (Wildman–Crippen LogP) is 2.52. The lowest BCUT2D eigenvalue weighted by molar-refractivity contribution is -0.140. The van der Waals surface area contributed by atoms with Gasteiger partial charge in [-0.05, 0) is 55.8 Å². The fourth-order valence-electron chi connectivity index (χ4n) is 2.99. The predicted molar refractivity (Wildman–Crippen MR) is 123 cm³/mol. The largest absolute Gasteiger partial charge is 0.497 e. The maximum absolute atomic E-state index is 13.2. The molecule has 1 N–H and O–H groups in total. The monoisotopic (exact) mass is 481 g/mol. The van der Waals surface area contributed by atoms with Crippen LogP contribution >= 0.6 is 11.6 Å². The zero-order valence-corrected chi connectivity index (χ0v) is 20.1. The highest BCUT2D eigenvalue weighted by Gasteiger charge is 2.30. The molecule has 0 saturated heterocycles. The Balaban J connectivity index is 2.25. The number of nitrogens with one attached hydrogen (secondary N) is 1. The van der Waals surface area contributed by atoms with Crippen LogP contribution in [0.3, 0.4) is 0 Å². The van der Waals surface area contributed by atoms with Crippen molar-refractivity contribution in [2.24, 2.45) is 0 Å². The molecule has 32 heavy (non-hydrogen) atoms. The van der Waals surface area contributed by atoms with Gasteiger partial charge < -0.3 is 15.0 Å². The summed E-state index contributed by atoms with van der Waals surface area (Å²) in [5.41, 5.74) is 0.776. The van der Waals surface area contributed by atoms with E-state index in [1.54, 1.807) is 45.2 Å². The number of methoxy groups -OCH3 is 1. The highest BCUT2D eigenvalue weighted by molar-refractivity contribution is 7.89. The van der Waals surface area contributed by atoms with Gasteiger partial charge in [-0.15, -0.1) is 0 Å². The quantitative estimate of drug-likeness (QED) is 0.562. The molecule has 0 saturated carbocycles. The molecule has 0 heterocycles. The van der Waals surface area contributed by atoms with E-state index in [1.807, 2.05) is 0 Å². The molecule has 2 aromatic rings. The van der Waals surface area contributed by atoms with Gasteiger partial charge in [-0.3, -0.25) is 9.59 Å². The van der Waals surface area contributed by atoms with Gasteiger partial charge in [0, 0.05) is 25.2 Å². The minimum absolute atomic E-state index is 0.0238. The number of carbonyl (C=O) groups is 2. The maximum atomic E-state index is 13.2. The lowest BCUT2D eigenvalue weighted by Gasteiger charge is -2.30. The van der Waals surface area contributed by atoms with E-state index in [4.69, 9.17) is 16.3 Å². The number of sulfonamides is 1. The fourth-order valence-corrected chi connectivity index (χ4v) is 4.23. The molecule has 2 amide bonds. The average molecular weight is 482 g/mol. The van der Waals surface area contributed by atoms with Crippen LogP contribution in [0.4, 0.5) is 0 Å². The van der Waals surface area contributed by atoms with Crippen LogP contribution in [0, 0.1) is 0 Å². The van der Waals surface area contributed by atoms with Crippen molar-refractivity contribution in [2.75, 3.05) is 27.2 Å². The van der Waals surface area contributed by atoms with Crippen molar-refractivity contribution >= 4 is 33.4 Å². The van der Waals surface area contributed by atoms with Gasteiger partial charge >= 0.3 is 0 Å². The Morgan fingerprint density at radius 1 is 1.09 bits per heavy atom. The number of nitrogens with zero attached hydrogens (tertiary/aromatic N) is 2. The number of likely N-dealkylation sites (N-methyl/N-ethyl adjacent to an activating group) is 2. The Labute approximate surface area is 194 Å². The summed E-state index contributed by atoms with van der Waals surface area (Å²) in [6.45, 7) is 3.52. The molecule has 0 spiro atoms. The summed E-state index contributed by atoms with van der Waals surface area (Å²) in [5.74, 6) is -0.158. The molecule has 10 heteroatoms. The number of hydrogen-bond acceptors (Lipinski definition) is 5. The second kappa shape index (κ2) is 11.3. The first-order valence-corrected chi connectivity index (χ1v) is 11.8. The molecule has 0 bridgehead atoms. The Morgan fingerprint density at radius 2 is 1.69 bits per heavy atom. The van der Waals surface area contributed by atoms with Crippen molar-refractivity contribution in [1.29, 1.82) is 0 Å². The maximum Gasteiger partial charge on any atom is 0.243 e. The Kier molecular flexibility index (Phi) is 9.06. The number of carbonyl (C=O) groups excluding carboxylic acids is 2. The SMILES string of the molecule is CCNC(=O)C(C)N(Cc1ccc(OC)cc1)C(=O)CN(C)S(=O)(=O)c1ccc(Cl)cc1. The summed E-state index contributed by atoms with van der Waals surface area (Å²) < 4.78 is 31.8. The Morgan fingerprint density at radius 3 is 2.22 bits per heavy atom. The molecule has 2 rings (SSSR count). The number of benzene rings is 2. The van der Waals surface area contributed by atoms with Crippen molar-refractivity contribution in [3.05, 3.63) is 59.1 Å². The van der Waals surface area contributed by atoms with E-state index in [2.05, 4.69) is 5.32 Å². The Hall–Kier alpha value is -2.62. The average Bonchev–Trinajstić information content (AvgIpc) is 2.77. The second-order valence-electron chi connectivity index (χ2n) is 7.16. The van der Waals surface area contributed by atoms with Gasteiger partial charge in [-0.1, -0.05) is 23.7 Å². The van der Waals surface area contributed by atoms with E-state index < -0.39 is 28.5 Å². The molecule has 0 fully saturated rings. The summed E-state index contributed by atoms with van der Waals surface area (Å²) in [4.78, 5) is 27.0. The minimum Gasteiger partial charge on any atom is -0.497 e. The van der Waals surface area contributed by atoms with E-state index in [0.717, 1.165) is 9.87 Å². The number of ether oxygens (including phenoxy) is 1. The third-order valence-corrected chi connectivity index (χ3v) is 6.98. The van der Waals surface area contributed by atoms with Crippen LogP contribution in [0.2, 0.25) is 5.02 Å². The highest BCUT2D eigenvalue weighted by Crippen LogP contribution is 2.19. The minimum atomic E-state index is -3.91. The topological polar surface area (TPSA) is 96.0 Å². The zero-order valence-electron chi connectivity index (χ0n) is 18.5. The molecule has 174 valence electrons. The number of rotatable bonds is 10. The molecular formula is C22H28ClN3O5S. The van der Waals surface area contributed by atoms with E-state index in [9.17, 15) is 18.0 Å². The molecule has 1 unspecified atom stereocenters. The van der Waals surface area contributed by atoms with Gasteiger partial charge in [0.15, 0.2) is 0 Å². The van der Waals surface area contributed by atoms with Crippen molar-refractivity contribution in [1.82, 2.24) is 14.5 Å². The molecular weight excluding hydrogens is 454 g/mol. The van der Waals surface area contributed by atoms with Crippen LogP contribution in [-0.2, 0) is 26.2 Å². The standard InChI is InChI=1S/C22H28ClN3O5S/c1-5-24-22(28)16(2)26(14-17-6-10-19(31-4)11-7-17)21(27)15-25(3)32(29,30)20-12-8-18(23)9-13-20/h6-13,16H,5,14-15H2,1-4H3,(H,24,28). The van der Waals surface area contributed by atoms with E-state index in [-0.39, 0.29) is 17.3 Å². The van der Waals surface area contributed by atoms with Crippen LogP contribution in [0.1, 0.15) is 19.4 Å². The number of halogens is 1. The van der Waals surface area contributed by atoms with Crippen molar-refractivity contribution in [2.45, 2.75) is 31.3 Å². The van der Waals surface area contributed by atoms with Crippen LogP contribution in [-0.4, -0.2) is 62.7 Å². The van der Waals surface area contributed by atoms with Crippen molar-refractivity contribution in [3.63, 3.8) is 0 Å². The molecule has 0 radical (unpaired) electrons. The Bertz CT molecular complexity index is 1030. The van der Waals surface area contributed by atoms with Crippen LogP contribution in [0.5, 0.6) is 5.75 Å².